The van der Waals surface area contributed by atoms with Gasteiger partial charge in [0.2, 0.25) is 0 Å². The maximum atomic E-state index is 13.5. The Balaban J connectivity index is 1.32. The van der Waals surface area contributed by atoms with Crippen LogP contribution in [0.15, 0.2) is 40.1 Å². The summed E-state index contributed by atoms with van der Waals surface area (Å²) in [4.78, 5) is 35.5. The predicted molar refractivity (Wildman–Crippen MR) is 102 cm³/mol. The zero-order valence-electron chi connectivity index (χ0n) is 15.8. The number of fused-ring (bicyclic) bond motifs is 1. The van der Waals surface area contributed by atoms with Crippen molar-refractivity contribution in [3.05, 3.63) is 68.5 Å². The molecule has 2 aliphatic heterocycles. The Morgan fingerprint density at radius 2 is 2.00 bits per heavy atom. The molecule has 2 aromatic rings. The van der Waals surface area contributed by atoms with Crippen LogP contribution < -0.4 is 11.2 Å². The topological polar surface area (TPSA) is 112 Å². The van der Waals surface area contributed by atoms with E-state index in [1.165, 1.54) is 12.1 Å². The third-order valence-electron chi connectivity index (χ3n) is 4.95. The van der Waals surface area contributed by atoms with Crippen molar-refractivity contribution in [3.63, 3.8) is 0 Å². The molecule has 12 heteroatoms. The average Bonchev–Trinajstić information content (AvgIpc) is 3.12. The second-order valence-electron chi connectivity index (χ2n) is 7.08. The Labute approximate surface area is 169 Å². The SMILES string of the molecule is O=c1[nH]c(=O)n([C@H]2C[C@@H]3O[PH](O)(OCCCc4ccc(F)cc4)OC[C@H]3O2)cc1F. The number of rotatable bonds is 6. The first kappa shape index (κ1) is 21.2. The van der Waals surface area contributed by atoms with Gasteiger partial charge in [-0.2, -0.15) is 0 Å². The van der Waals surface area contributed by atoms with Gasteiger partial charge in [0.15, 0.2) is 0 Å². The first-order valence-corrected chi connectivity index (χ1v) is 11.1. The van der Waals surface area contributed by atoms with Gasteiger partial charge >= 0.3 is 169 Å². The average molecular weight is 446 g/mol. The molecule has 164 valence electrons. The van der Waals surface area contributed by atoms with Crippen molar-refractivity contribution in [2.75, 3.05) is 13.2 Å². The maximum absolute atomic E-state index is 13.5. The molecule has 4 rings (SSSR count). The molecule has 0 spiro atoms. The van der Waals surface area contributed by atoms with Crippen LogP contribution in [0, 0.1) is 11.6 Å². The van der Waals surface area contributed by atoms with Gasteiger partial charge in [0, 0.05) is 0 Å². The molecule has 9 nitrogen and oxygen atoms in total. The van der Waals surface area contributed by atoms with E-state index in [0.29, 0.717) is 12.8 Å². The van der Waals surface area contributed by atoms with E-state index in [0.717, 1.165) is 16.3 Å². The van der Waals surface area contributed by atoms with Crippen molar-refractivity contribution in [2.45, 2.75) is 37.7 Å². The molecule has 2 fully saturated rings. The van der Waals surface area contributed by atoms with Crippen molar-refractivity contribution in [1.29, 1.82) is 0 Å². The quantitative estimate of drug-likeness (QED) is 0.512. The fraction of sp³-hybridized carbons (Fsp3) is 0.444. The second kappa shape index (κ2) is 8.62. The summed E-state index contributed by atoms with van der Waals surface area (Å²) in [5, 5.41) is 0. The molecule has 0 aliphatic carbocycles. The third kappa shape index (κ3) is 4.66. The number of aryl methyl sites for hydroxylation is 1. The van der Waals surface area contributed by atoms with Crippen molar-refractivity contribution >= 4 is 8.17 Å². The van der Waals surface area contributed by atoms with Gasteiger partial charge in [-0.05, 0) is 0 Å². The normalized spacial score (nSPS) is 26.3. The number of hydrogen-bond donors (Lipinski definition) is 2. The van der Waals surface area contributed by atoms with Gasteiger partial charge in [-0.3, -0.25) is 0 Å². The van der Waals surface area contributed by atoms with Crippen LogP contribution in [0.5, 0.6) is 0 Å². The molecule has 1 aromatic heterocycles. The molecule has 2 saturated heterocycles. The van der Waals surface area contributed by atoms with Crippen LogP contribution in [0.1, 0.15) is 24.6 Å². The summed E-state index contributed by atoms with van der Waals surface area (Å²) in [6.07, 6.45) is 0.0484. The van der Waals surface area contributed by atoms with Gasteiger partial charge in [0.05, 0.1) is 0 Å². The molecule has 0 bridgehead atoms. The summed E-state index contributed by atoms with van der Waals surface area (Å²) in [5.74, 6) is -1.42. The number of ether oxygens (including phenoxy) is 1. The second-order valence-corrected chi connectivity index (χ2v) is 8.94. The van der Waals surface area contributed by atoms with E-state index in [2.05, 4.69) is 0 Å². The van der Waals surface area contributed by atoms with Crippen molar-refractivity contribution in [1.82, 2.24) is 9.55 Å². The Hall–Kier alpha value is -2.01. The van der Waals surface area contributed by atoms with E-state index in [4.69, 9.17) is 18.3 Å². The number of H-pyrrole nitrogens is 1. The number of benzene rings is 1. The van der Waals surface area contributed by atoms with E-state index < -0.39 is 43.7 Å². The van der Waals surface area contributed by atoms with Crippen molar-refractivity contribution in [2.24, 2.45) is 0 Å². The van der Waals surface area contributed by atoms with Crippen LogP contribution in [0.25, 0.3) is 0 Å². The molecule has 0 unspecified atom stereocenters. The van der Waals surface area contributed by atoms with Crippen LogP contribution in [0.2, 0.25) is 0 Å². The van der Waals surface area contributed by atoms with Crippen LogP contribution in [0.4, 0.5) is 8.78 Å². The van der Waals surface area contributed by atoms with Crippen LogP contribution in [0.3, 0.4) is 0 Å². The van der Waals surface area contributed by atoms with Crippen LogP contribution in [-0.2, 0) is 24.7 Å². The molecule has 0 radical (unpaired) electrons. The number of aromatic nitrogens is 2. The Bertz CT molecular complexity index is 1010. The monoisotopic (exact) mass is 446 g/mol. The zero-order valence-corrected chi connectivity index (χ0v) is 16.8. The Morgan fingerprint density at radius 1 is 1.23 bits per heavy atom. The minimum absolute atomic E-state index is 0.0115. The number of aromatic amines is 1. The molecule has 1 aromatic carbocycles. The summed E-state index contributed by atoms with van der Waals surface area (Å²) < 4.78 is 49.5. The summed E-state index contributed by atoms with van der Waals surface area (Å²) >= 11 is 0. The third-order valence-corrected chi connectivity index (χ3v) is 6.65. The predicted octanol–water partition coefficient (Wildman–Crippen LogP) is 1.57. The molecule has 3 atom stereocenters. The summed E-state index contributed by atoms with van der Waals surface area (Å²) in [7, 11) is -3.89. The molecular weight excluding hydrogens is 425 g/mol. The summed E-state index contributed by atoms with van der Waals surface area (Å²) in [6.45, 7) is 0.162. The Kier molecular flexibility index (Phi) is 6.10. The minimum atomic E-state index is -3.89. The van der Waals surface area contributed by atoms with Gasteiger partial charge in [0.25, 0.3) is 0 Å². The van der Waals surface area contributed by atoms with E-state index in [1.54, 1.807) is 12.1 Å². The first-order valence-electron chi connectivity index (χ1n) is 9.42. The first-order chi connectivity index (χ1) is 14.3. The Morgan fingerprint density at radius 3 is 2.77 bits per heavy atom. The standard InChI is InChI=1S/C18H21F2N2O7P/c19-12-5-3-11(4-6-12)2-1-7-26-30(25)27-10-15-14(29-30)8-16(28-15)22-9-13(20)17(23)21-18(22)24/h3-6,9,14-16,25,30H,1-2,7-8,10H2,(H,21,23,24)/t14-,15+,16+/m0/s1. The van der Waals surface area contributed by atoms with Gasteiger partial charge in [-0.25, -0.2) is 0 Å². The van der Waals surface area contributed by atoms with Gasteiger partial charge in [-0.1, -0.05) is 0 Å². The molecular formula is C18H21F2N2O7P. The fourth-order valence-corrected chi connectivity index (χ4v) is 5.06. The van der Waals surface area contributed by atoms with Crippen LogP contribution in [-0.4, -0.2) is 39.9 Å². The van der Waals surface area contributed by atoms with E-state index >= 15 is 0 Å². The van der Waals surface area contributed by atoms with Crippen molar-refractivity contribution < 1.29 is 32.0 Å². The number of nitrogens with one attached hydrogen (secondary N) is 1. The number of nitrogens with zero attached hydrogens (tertiary/aromatic N) is 1. The summed E-state index contributed by atoms with van der Waals surface area (Å²) in [6, 6.07) is 6.11. The molecule has 2 aliphatic rings. The molecule has 30 heavy (non-hydrogen) atoms. The van der Waals surface area contributed by atoms with E-state index in [1.807, 2.05) is 4.98 Å². The van der Waals surface area contributed by atoms with Gasteiger partial charge in [0.1, 0.15) is 0 Å². The fourth-order valence-electron chi connectivity index (χ4n) is 3.44. The van der Waals surface area contributed by atoms with Crippen LogP contribution >= 0.6 is 8.17 Å². The van der Waals surface area contributed by atoms with Gasteiger partial charge < -0.3 is 0 Å². The molecule has 0 amide bonds. The zero-order chi connectivity index (χ0) is 21.3. The number of halogens is 2. The molecule has 0 saturated carbocycles. The van der Waals surface area contributed by atoms with Crippen molar-refractivity contribution in [3.8, 4) is 0 Å². The summed E-state index contributed by atoms with van der Waals surface area (Å²) in [5.41, 5.74) is -0.984. The molecule has 3 heterocycles. The van der Waals surface area contributed by atoms with Gasteiger partial charge in [-0.15, -0.1) is 0 Å². The van der Waals surface area contributed by atoms with E-state index in [9.17, 15) is 23.3 Å². The molecule has 2 N–H and O–H groups in total. The van der Waals surface area contributed by atoms with E-state index in [-0.39, 0.29) is 25.5 Å². The number of hydrogen-bond acceptors (Lipinski definition) is 7.